The average Bonchev–Trinajstić information content (AvgIpc) is 3.86. The number of benzene rings is 3. The zero-order chi connectivity index (χ0) is 33.3. The van der Waals surface area contributed by atoms with Gasteiger partial charge in [0.2, 0.25) is 0 Å². The molecule has 1 heterocycles. The van der Waals surface area contributed by atoms with Crippen LogP contribution >= 0.6 is 0 Å². The minimum atomic E-state index is -5.08. The Morgan fingerprint density at radius 1 is 0.826 bits per heavy atom. The van der Waals surface area contributed by atoms with Crippen molar-refractivity contribution in [2.45, 2.75) is 32.0 Å². The van der Waals surface area contributed by atoms with Gasteiger partial charge < -0.3 is 20.6 Å². The maximum absolute atomic E-state index is 14.6. The molecule has 9 nitrogen and oxygen atoms in total. The number of anilines is 1. The number of carbonyl (C=O) groups is 4. The van der Waals surface area contributed by atoms with Crippen LogP contribution in [0.15, 0.2) is 72.8 Å². The number of halogens is 4. The molecule has 1 saturated carbocycles. The van der Waals surface area contributed by atoms with Gasteiger partial charge in [0.05, 0.1) is 5.69 Å². The van der Waals surface area contributed by atoms with E-state index in [4.69, 9.17) is 9.90 Å². The van der Waals surface area contributed by atoms with E-state index >= 15 is 0 Å². The summed E-state index contributed by atoms with van der Waals surface area (Å²) in [5.74, 6) is -3.01. The molecule has 46 heavy (non-hydrogen) atoms. The number of hydrogen-bond donors (Lipinski definition) is 3. The molecule has 3 aromatic rings. The monoisotopic (exact) mass is 642 g/mol. The van der Waals surface area contributed by atoms with Crippen LogP contribution in [0.4, 0.5) is 28.0 Å². The lowest BCUT2D eigenvalue weighted by molar-refractivity contribution is -0.192. The Hall–Kier alpha value is -4.78. The number of piperazine rings is 1. The molecule has 0 spiro atoms. The number of carbonyl (C=O) groups excluding carboxylic acids is 3. The van der Waals surface area contributed by atoms with E-state index in [0.717, 1.165) is 24.0 Å². The van der Waals surface area contributed by atoms with Crippen LogP contribution in [-0.2, 0) is 17.8 Å². The first-order chi connectivity index (χ1) is 21.9. The summed E-state index contributed by atoms with van der Waals surface area (Å²) in [6, 6.07) is 21.2. The summed E-state index contributed by atoms with van der Waals surface area (Å²) in [6.45, 7) is 3.68. The largest absolute Gasteiger partial charge is 0.490 e. The van der Waals surface area contributed by atoms with Crippen molar-refractivity contribution < 1.29 is 41.8 Å². The molecule has 1 aliphatic heterocycles. The van der Waals surface area contributed by atoms with Gasteiger partial charge in [0, 0.05) is 56.8 Å². The number of amides is 3. The fourth-order valence-corrected chi connectivity index (χ4v) is 4.75. The molecule has 0 atom stereocenters. The molecule has 0 unspecified atom stereocenters. The lowest BCUT2D eigenvalue weighted by atomic mass is 10.0. The predicted molar refractivity (Wildman–Crippen MR) is 162 cm³/mol. The van der Waals surface area contributed by atoms with Crippen LogP contribution < -0.4 is 10.6 Å². The summed E-state index contributed by atoms with van der Waals surface area (Å²) in [7, 11) is 0. The van der Waals surface area contributed by atoms with Crippen LogP contribution in [0.5, 0.6) is 0 Å². The summed E-state index contributed by atoms with van der Waals surface area (Å²) in [6.07, 6.45) is -2.48. The lowest BCUT2D eigenvalue weighted by Gasteiger charge is -2.35. The van der Waals surface area contributed by atoms with Crippen molar-refractivity contribution in [2.24, 2.45) is 5.92 Å². The van der Waals surface area contributed by atoms with Gasteiger partial charge in [-0.2, -0.15) is 13.2 Å². The van der Waals surface area contributed by atoms with Gasteiger partial charge in [0.15, 0.2) is 5.78 Å². The van der Waals surface area contributed by atoms with Crippen molar-refractivity contribution in [1.29, 1.82) is 0 Å². The molecule has 2 aliphatic rings. The van der Waals surface area contributed by atoms with Crippen LogP contribution in [0.25, 0.3) is 0 Å². The first kappa shape index (κ1) is 34.1. The molecule has 3 amide bonds. The third-order valence-electron chi connectivity index (χ3n) is 7.48. The maximum atomic E-state index is 14.6. The molecule has 1 aliphatic carbocycles. The van der Waals surface area contributed by atoms with Crippen molar-refractivity contribution in [3.05, 3.63) is 101 Å². The molecule has 3 N–H and O–H groups in total. The summed E-state index contributed by atoms with van der Waals surface area (Å²) in [5.41, 5.74) is 3.06. The number of alkyl halides is 3. The normalized spacial score (nSPS) is 14.9. The van der Waals surface area contributed by atoms with Gasteiger partial charge in [-0.1, -0.05) is 48.5 Å². The Labute approximate surface area is 263 Å². The number of nitrogens with one attached hydrogen (secondary N) is 2. The van der Waals surface area contributed by atoms with Crippen LogP contribution in [0.3, 0.4) is 0 Å². The molecule has 0 radical (unpaired) electrons. The topological polar surface area (TPSA) is 119 Å². The van der Waals surface area contributed by atoms with Gasteiger partial charge in [-0.3, -0.25) is 14.5 Å². The van der Waals surface area contributed by atoms with E-state index in [0.29, 0.717) is 57.2 Å². The Kier molecular flexibility index (Phi) is 11.5. The fraction of sp³-hybridized carbons (Fsp3) is 0.333. The summed E-state index contributed by atoms with van der Waals surface area (Å²) < 4.78 is 46.4. The number of urea groups is 1. The lowest BCUT2D eigenvalue weighted by Crippen LogP contribution is -2.48. The second-order valence-electron chi connectivity index (χ2n) is 11.1. The molecular formula is C33H34F4N4O5. The van der Waals surface area contributed by atoms with Gasteiger partial charge in [0.1, 0.15) is 5.82 Å². The first-order valence-electron chi connectivity index (χ1n) is 14.7. The van der Waals surface area contributed by atoms with E-state index in [1.165, 1.54) is 12.1 Å². The Morgan fingerprint density at radius 2 is 1.48 bits per heavy atom. The van der Waals surface area contributed by atoms with E-state index in [1.807, 2.05) is 54.6 Å². The highest BCUT2D eigenvalue weighted by atomic mass is 19.4. The minimum absolute atomic E-state index is 0.0501. The predicted octanol–water partition coefficient (Wildman–Crippen LogP) is 5.37. The van der Waals surface area contributed by atoms with E-state index < -0.39 is 24.0 Å². The number of aliphatic carboxylic acids is 1. The van der Waals surface area contributed by atoms with Crippen LogP contribution in [0, 0.1) is 11.7 Å². The quantitative estimate of drug-likeness (QED) is 0.213. The van der Waals surface area contributed by atoms with Crippen LogP contribution in [-0.4, -0.2) is 77.5 Å². The van der Waals surface area contributed by atoms with Gasteiger partial charge in [-0.25, -0.2) is 14.0 Å². The fourth-order valence-electron chi connectivity index (χ4n) is 4.75. The molecule has 2 fully saturated rings. The van der Waals surface area contributed by atoms with E-state index in [9.17, 15) is 31.9 Å². The van der Waals surface area contributed by atoms with Crippen molar-refractivity contribution in [2.75, 3.05) is 38.0 Å². The Morgan fingerprint density at radius 3 is 2.09 bits per heavy atom. The van der Waals surface area contributed by atoms with Crippen molar-refractivity contribution in [3.8, 4) is 0 Å². The highest BCUT2D eigenvalue weighted by molar-refractivity contribution is 5.97. The molecule has 3 aromatic carbocycles. The first-order valence-corrected chi connectivity index (χ1v) is 14.7. The molecule has 1 saturated heterocycles. The highest BCUT2D eigenvalue weighted by Crippen LogP contribution is 2.27. The molecule has 0 aromatic heterocycles. The Balaban J connectivity index is 0.000000617. The zero-order valence-electron chi connectivity index (χ0n) is 24.9. The zero-order valence-corrected chi connectivity index (χ0v) is 24.9. The molecule has 244 valence electrons. The number of Topliss-reactive ketones (excluding diaryl/α,β-unsaturated/α-hetero) is 1. The third-order valence-corrected chi connectivity index (χ3v) is 7.48. The van der Waals surface area contributed by atoms with E-state index in [1.54, 1.807) is 11.0 Å². The summed E-state index contributed by atoms with van der Waals surface area (Å²) in [4.78, 5) is 50.6. The Bertz CT molecular complexity index is 1540. The number of hydrogen-bond acceptors (Lipinski definition) is 5. The number of carboxylic acid groups (broad SMARTS) is 1. The van der Waals surface area contributed by atoms with Gasteiger partial charge in [-0.15, -0.1) is 0 Å². The maximum Gasteiger partial charge on any atom is 0.490 e. The number of ketones is 1. The minimum Gasteiger partial charge on any atom is -0.475 e. The third kappa shape index (κ3) is 10.4. The average molecular weight is 643 g/mol. The van der Waals surface area contributed by atoms with Crippen LogP contribution in [0.1, 0.15) is 44.7 Å². The molecule has 0 bridgehead atoms. The summed E-state index contributed by atoms with van der Waals surface area (Å²) >= 11 is 0. The smallest absolute Gasteiger partial charge is 0.475 e. The van der Waals surface area contributed by atoms with E-state index in [-0.39, 0.29) is 22.9 Å². The molecular weight excluding hydrogens is 608 g/mol. The second-order valence-corrected chi connectivity index (χ2v) is 11.1. The number of carboxylic acids is 1. The molecule has 5 rings (SSSR count). The van der Waals surface area contributed by atoms with Gasteiger partial charge in [-0.05, 0) is 54.2 Å². The van der Waals surface area contributed by atoms with Gasteiger partial charge in [0.25, 0.3) is 5.91 Å². The van der Waals surface area contributed by atoms with Crippen molar-refractivity contribution in [1.82, 2.24) is 15.1 Å². The van der Waals surface area contributed by atoms with Crippen molar-refractivity contribution in [3.63, 3.8) is 0 Å². The highest BCUT2D eigenvalue weighted by Gasteiger charge is 2.38. The van der Waals surface area contributed by atoms with Gasteiger partial charge >= 0.3 is 18.2 Å². The SMILES string of the molecule is O=C(NCC1CC1)Nc1ccc(C(=O)N2CCN(Cc3cccc(C(=O)Cc4ccccc4)c3)CC2)cc1F.O=C(O)C(F)(F)F. The van der Waals surface area contributed by atoms with Crippen LogP contribution in [0.2, 0.25) is 0 Å². The summed E-state index contributed by atoms with van der Waals surface area (Å²) in [5, 5.41) is 12.4. The number of nitrogens with zero attached hydrogens (tertiary/aromatic N) is 2. The second kappa shape index (κ2) is 15.5. The van der Waals surface area contributed by atoms with E-state index in [2.05, 4.69) is 15.5 Å². The molecule has 13 heteroatoms. The standard InChI is InChI=1S/C31H33FN4O3.C2HF3O2/c32-27-19-26(11-12-28(27)34-31(39)33-20-23-9-10-23)30(38)36-15-13-35(14-16-36)21-24-7-4-8-25(17-24)29(37)18-22-5-2-1-3-6-22;3-2(4,5)1(6)7/h1-8,11-12,17,19,23H,9-10,13-16,18,20-21H2,(H2,33,34,39);(H,6,7). The number of rotatable bonds is 9. The van der Waals surface area contributed by atoms with Crippen molar-refractivity contribution >= 4 is 29.4 Å².